The maximum atomic E-state index is 12.3. The van der Waals surface area contributed by atoms with Crippen LogP contribution in [0.1, 0.15) is 13.3 Å². The SMILES string of the molecule is CCN(C(=O)CNc1cc(Cl)ccc1Cl)C1CCS(=O)(=O)C1. The van der Waals surface area contributed by atoms with Gasteiger partial charge in [0, 0.05) is 17.6 Å². The number of sulfone groups is 1. The van der Waals surface area contributed by atoms with Gasteiger partial charge in [-0.2, -0.15) is 0 Å². The summed E-state index contributed by atoms with van der Waals surface area (Å²) >= 11 is 11.9. The molecule has 122 valence electrons. The lowest BCUT2D eigenvalue weighted by Crippen LogP contribution is -2.43. The van der Waals surface area contributed by atoms with Crippen LogP contribution in [-0.2, 0) is 14.6 Å². The zero-order valence-corrected chi connectivity index (χ0v) is 14.5. The molecule has 22 heavy (non-hydrogen) atoms. The molecule has 2 rings (SSSR count). The summed E-state index contributed by atoms with van der Waals surface area (Å²) in [5.41, 5.74) is 0.581. The maximum absolute atomic E-state index is 12.3. The molecule has 1 aliphatic rings. The molecule has 1 fully saturated rings. The van der Waals surface area contributed by atoms with E-state index < -0.39 is 9.84 Å². The second-order valence-corrected chi connectivity index (χ2v) is 8.29. The van der Waals surface area contributed by atoms with Gasteiger partial charge in [-0.25, -0.2) is 8.42 Å². The molecule has 0 aliphatic carbocycles. The Kier molecular flexibility index (Phi) is 5.58. The number of nitrogens with one attached hydrogen (secondary N) is 1. The number of amides is 1. The molecule has 0 radical (unpaired) electrons. The van der Waals surface area contributed by atoms with E-state index in [4.69, 9.17) is 23.2 Å². The standard InChI is InChI=1S/C14H18Cl2N2O3S/c1-2-18(11-5-6-22(20,21)9-11)14(19)8-17-13-7-10(15)3-4-12(13)16/h3-4,7,11,17H,2,5-6,8-9H2,1H3. The molecule has 5 nitrogen and oxygen atoms in total. The molecule has 1 aromatic carbocycles. The summed E-state index contributed by atoms with van der Waals surface area (Å²) in [6.07, 6.45) is 0.500. The summed E-state index contributed by atoms with van der Waals surface area (Å²) < 4.78 is 23.1. The quantitative estimate of drug-likeness (QED) is 0.871. The van der Waals surface area contributed by atoms with Crippen LogP contribution in [0.3, 0.4) is 0 Å². The molecular formula is C14H18Cl2N2O3S. The van der Waals surface area contributed by atoms with E-state index in [9.17, 15) is 13.2 Å². The van der Waals surface area contributed by atoms with Crippen molar-refractivity contribution in [3.05, 3.63) is 28.2 Å². The zero-order chi connectivity index (χ0) is 16.3. The van der Waals surface area contributed by atoms with E-state index in [1.807, 2.05) is 6.92 Å². The normalized spacial score (nSPS) is 19.9. The Morgan fingerprint density at radius 1 is 1.41 bits per heavy atom. The van der Waals surface area contributed by atoms with Crippen LogP contribution >= 0.6 is 23.2 Å². The van der Waals surface area contributed by atoms with E-state index in [2.05, 4.69) is 5.32 Å². The summed E-state index contributed by atoms with van der Waals surface area (Å²) in [6.45, 7) is 2.36. The van der Waals surface area contributed by atoms with E-state index in [0.717, 1.165) is 0 Å². The van der Waals surface area contributed by atoms with Crippen LogP contribution in [-0.4, -0.2) is 49.9 Å². The highest BCUT2D eigenvalue weighted by Gasteiger charge is 2.33. The summed E-state index contributed by atoms with van der Waals surface area (Å²) in [7, 11) is -3.02. The number of likely N-dealkylation sites (N-methyl/N-ethyl adjacent to an activating group) is 1. The highest BCUT2D eigenvalue weighted by molar-refractivity contribution is 7.91. The summed E-state index contributed by atoms with van der Waals surface area (Å²) in [6, 6.07) is 4.73. The third-order valence-electron chi connectivity index (χ3n) is 3.67. The highest BCUT2D eigenvalue weighted by Crippen LogP contribution is 2.25. The monoisotopic (exact) mass is 364 g/mol. The molecular weight excluding hydrogens is 347 g/mol. The lowest BCUT2D eigenvalue weighted by molar-refractivity contribution is -0.130. The van der Waals surface area contributed by atoms with Crippen LogP contribution in [0.15, 0.2) is 18.2 Å². The van der Waals surface area contributed by atoms with Gasteiger partial charge in [0.05, 0.1) is 28.8 Å². The second kappa shape index (κ2) is 7.06. The first kappa shape index (κ1) is 17.4. The Labute approximate surface area is 140 Å². The van der Waals surface area contributed by atoms with Gasteiger partial charge in [0.2, 0.25) is 5.91 Å². The van der Waals surface area contributed by atoms with Crippen molar-refractivity contribution < 1.29 is 13.2 Å². The van der Waals surface area contributed by atoms with E-state index in [1.165, 1.54) is 0 Å². The van der Waals surface area contributed by atoms with Crippen molar-refractivity contribution >= 4 is 44.6 Å². The van der Waals surface area contributed by atoms with Crippen molar-refractivity contribution in [3.63, 3.8) is 0 Å². The molecule has 1 aromatic rings. The molecule has 1 amide bonds. The highest BCUT2D eigenvalue weighted by atomic mass is 35.5. The number of hydrogen-bond donors (Lipinski definition) is 1. The third-order valence-corrected chi connectivity index (χ3v) is 5.98. The molecule has 1 atom stereocenters. The van der Waals surface area contributed by atoms with Gasteiger partial charge in [0.1, 0.15) is 0 Å². The predicted molar refractivity (Wildman–Crippen MR) is 89.4 cm³/mol. The molecule has 0 aromatic heterocycles. The van der Waals surface area contributed by atoms with Gasteiger partial charge >= 0.3 is 0 Å². The van der Waals surface area contributed by atoms with Crippen LogP contribution in [0.5, 0.6) is 0 Å². The van der Waals surface area contributed by atoms with Crippen molar-refractivity contribution in [2.75, 3.05) is 29.9 Å². The molecule has 0 spiro atoms. The first-order valence-corrected chi connectivity index (χ1v) is 9.59. The van der Waals surface area contributed by atoms with Crippen LogP contribution in [0.2, 0.25) is 10.0 Å². The van der Waals surface area contributed by atoms with Crippen LogP contribution < -0.4 is 5.32 Å². The molecule has 0 saturated carbocycles. The largest absolute Gasteiger partial charge is 0.375 e. The van der Waals surface area contributed by atoms with Gasteiger partial charge < -0.3 is 10.2 Å². The number of halogens is 2. The fraction of sp³-hybridized carbons (Fsp3) is 0.500. The van der Waals surface area contributed by atoms with Crippen molar-refractivity contribution in [1.29, 1.82) is 0 Å². The van der Waals surface area contributed by atoms with E-state index in [-0.39, 0.29) is 30.0 Å². The molecule has 1 N–H and O–H groups in total. The van der Waals surface area contributed by atoms with Crippen molar-refractivity contribution in [3.8, 4) is 0 Å². The minimum absolute atomic E-state index is 0.0461. The molecule has 1 unspecified atom stereocenters. The van der Waals surface area contributed by atoms with Gasteiger partial charge in [-0.3, -0.25) is 4.79 Å². The van der Waals surface area contributed by atoms with Gasteiger partial charge in [-0.05, 0) is 31.5 Å². The third kappa shape index (κ3) is 4.27. The van der Waals surface area contributed by atoms with Crippen LogP contribution in [0.4, 0.5) is 5.69 Å². The van der Waals surface area contributed by atoms with E-state index in [0.29, 0.717) is 28.7 Å². The lowest BCUT2D eigenvalue weighted by Gasteiger charge is -2.27. The number of carbonyl (C=O) groups is 1. The van der Waals surface area contributed by atoms with E-state index in [1.54, 1.807) is 23.1 Å². The van der Waals surface area contributed by atoms with Gasteiger partial charge in [-0.15, -0.1) is 0 Å². The first-order valence-electron chi connectivity index (χ1n) is 7.01. The van der Waals surface area contributed by atoms with E-state index >= 15 is 0 Å². The van der Waals surface area contributed by atoms with Crippen molar-refractivity contribution in [2.24, 2.45) is 0 Å². The Bertz CT molecular complexity index is 664. The Morgan fingerprint density at radius 3 is 2.73 bits per heavy atom. The maximum Gasteiger partial charge on any atom is 0.242 e. The van der Waals surface area contributed by atoms with Crippen molar-refractivity contribution in [2.45, 2.75) is 19.4 Å². The molecule has 1 aliphatic heterocycles. The number of carbonyl (C=O) groups excluding carboxylic acids is 1. The molecule has 1 heterocycles. The Hall–Kier alpha value is -0.980. The number of benzene rings is 1. The van der Waals surface area contributed by atoms with Gasteiger partial charge in [0.25, 0.3) is 0 Å². The van der Waals surface area contributed by atoms with Crippen LogP contribution in [0, 0.1) is 0 Å². The summed E-state index contributed by atoms with van der Waals surface area (Å²) in [5.74, 6) is 0.0418. The smallest absolute Gasteiger partial charge is 0.242 e. The fourth-order valence-corrected chi connectivity index (χ4v) is 4.65. The summed E-state index contributed by atoms with van der Waals surface area (Å²) in [4.78, 5) is 13.9. The van der Waals surface area contributed by atoms with Crippen LogP contribution in [0.25, 0.3) is 0 Å². The number of nitrogens with zero attached hydrogens (tertiary/aromatic N) is 1. The number of rotatable bonds is 5. The molecule has 1 saturated heterocycles. The topological polar surface area (TPSA) is 66.5 Å². The minimum atomic E-state index is -3.02. The number of hydrogen-bond acceptors (Lipinski definition) is 4. The van der Waals surface area contributed by atoms with Gasteiger partial charge in [0.15, 0.2) is 9.84 Å². The fourth-order valence-electron chi connectivity index (χ4n) is 2.56. The molecule has 8 heteroatoms. The predicted octanol–water partition coefficient (Wildman–Crippen LogP) is 2.44. The second-order valence-electron chi connectivity index (χ2n) is 5.21. The van der Waals surface area contributed by atoms with Gasteiger partial charge in [-0.1, -0.05) is 23.2 Å². The summed E-state index contributed by atoms with van der Waals surface area (Å²) in [5, 5.41) is 3.95. The number of anilines is 1. The first-order chi connectivity index (χ1) is 10.3. The average Bonchev–Trinajstić information content (AvgIpc) is 2.80. The molecule has 0 bridgehead atoms. The minimum Gasteiger partial charge on any atom is -0.375 e. The Morgan fingerprint density at radius 2 is 2.14 bits per heavy atom. The zero-order valence-electron chi connectivity index (χ0n) is 12.2. The lowest BCUT2D eigenvalue weighted by atomic mass is 10.2. The average molecular weight is 365 g/mol. The van der Waals surface area contributed by atoms with Crippen molar-refractivity contribution in [1.82, 2.24) is 4.90 Å². The Balaban J connectivity index is 1.99.